The molecule has 0 saturated carbocycles. The van der Waals surface area contributed by atoms with Crippen LogP contribution in [0.5, 0.6) is 0 Å². The molecule has 0 aromatic heterocycles. The van der Waals surface area contributed by atoms with Crippen LogP contribution in [0.1, 0.15) is 17.5 Å². The lowest BCUT2D eigenvalue weighted by atomic mass is 10.1. The van der Waals surface area contributed by atoms with Crippen LogP contribution < -0.4 is 0 Å². The van der Waals surface area contributed by atoms with E-state index in [2.05, 4.69) is 11.0 Å². The molecule has 0 amide bonds. The van der Waals surface area contributed by atoms with E-state index in [4.69, 9.17) is 10.00 Å². The molecule has 1 aliphatic heterocycles. The first-order chi connectivity index (χ1) is 8.72. The van der Waals surface area contributed by atoms with Gasteiger partial charge in [0.1, 0.15) is 5.82 Å². The molecule has 0 aliphatic carbocycles. The standard InChI is InChI=1S/C14H17FN2O/c1-18-10-11-4-5-17(8-11)9-13-6-14(15)3-2-12(13)7-16/h2-3,6,11H,4-5,8-10H2,1H3. The molecule has 1 aromatic carbocycles. The minimum Gasteiger partial charge on any atom is -0.384 e. The van der Waals surface area contributed by atoms with Gasteiger partial charge in [0.25, 0.3) is 0 Å². The van der Waals surface area contributed by atoms with Crippen molar-refractivity contribution < 1.29 is 9.13 Å². The number of benzene rings is 1. The molecule has 1 aliphatic rings. The number of nitrogens with zero attached hydrogens (tertiary/aromatic N) is 2. The summed E-state index contributed by atoms with van der Waals surface area (Å²) < 4.78 is 18.4. The number of nitriles is 1. The van der Waals surface area contributed by atoms with Crippen molar-refractivity contribution in [2.24, 2.45) is 5.92 Å². The third-order valence-corrected chi connectivity index (χ3v) is 3.35. The quantitative estimate of drug-likeness (QED) is 0.819. The fourth-order valence-corrected chi connectivity index (χ4v) is 2.47. The van der Waals surface area contributed by atoms with Crippen molar-refractivity contribution in [1.82, 2.24) is 4.90 Å². The molecule has 2 rings (SSSR count). The Balaban J connectivity index is 2.02. The van der Waals surface area contributed by atoms with Crippen molar-refractivity contribution in [2.75, 3.05) is 26.8 Å². The lowest BCUT2D eigenvalue weighted by molar-refractivity contribution is 0.152. The fraction of sp³-hybridized carbons (Fsp3) is 0.500. The molecule has 18 heavy (non-hydrogen) atoms. The molecule has 1 saturated heterocycles. The van der Waals surface area contributed by atoms with Gasteiger partial charge in [-0.15, -0.1) is 0 Å². The van der Waals surface area contributed by atoms with Crippen LogP contribution in [0.15, 0.2) is 18.2 Å². The average molecular weight is 248 g/mol. The number of likely N-dealkylation sites (tertiary alicyclic amines) is 1. The normalized spacial score (nSPS) is 19.9. The van der Waals surface area contributed by atoms with Gasteiger partial charge >= 0.3 is 0 Å². The minimum atomic E-state index is -0.281. The van der Waals surface area contributed by atoms with Crippen molar-refractivity contribution in [3.05, 3.63) is 35.1 Å². The number of methoxy groups -OCH3 is 1. The molecule has 0 radical (unpaired) electrons. The molecule has 1 atom stereocenters. The molecule has 0 N–H and O–H groups in total. The number of hydrogen-bond acceptors (Lipinski definition) is 3. The van der Waals surface area contributed by atoms with E-state index in [9.17, 15) is 4.39 Å². The van der Waals surface area contributed by atoms with Crippen LogP contribution in [-0.4, -0.2) is 31.7 Å². The van der Waals surface area contributed by atoms with Gasteiger partial charge in [0.15, 0.2) is 0 Å². The second kappa shape index (κ2) is 5.94. The van der Waals surface area contributed by atoms with E-state index in [-0.39, 0.29) is 5.82 Å². The summed E-state index contributed by atoms with van der Waals surface area (Å²) in [6.45, 7) is 3.34. The summed E-state index contributed by atoms with van der Waals surface area (Å²) in [7, 11) is 1.71. The predicted molar refractivity (Wildman–Crippen MR) is 66.4 cm³/mol. The van der Waals surface area contributed by atoms with Crippen LogP contribution in [-0.2, 0) is 11.3 Å². The fourth-order valence-electron chi connectivity index (χ4n) is 2.47. The SMILES string of the molecule is COCC1CCN(Cc2cc(F)ccc2C#N)C1. The lowest BCUT2D eigenvalue weighted by Crippen LogP contribution is -2.21. The predicted octanol–water partition coefficient (Wildman–Crippen LogP) is 2.17. The molecule has 1 aromatic rings. The highest BCUT2D eigenvalue weighted by atomic mass is 19.1. The summed E-state index contributed by atoms with van der Waals surface area (Å²) in [4.78, 5) is 2.25. The number of ether oxygens (including phenoxy) is 1. The van der Waals surface area contributed by atoms with Gasteiger partial charge in [-0.1, -0.05) is 0 Å². The second-order valence-corrected chi connectivity index (χ2v) is 4.76. The summed E-state index contributed by atoms with van der Waals surface area (Å²) in [6, 6.07) is 6.46. The van der Waals surface area contributed by atoms with Gasteiger partial charge in [-0.25, -0.2) is 4.39 Å². The van der Waals surface area contributed by atoms with Crippen LogP contribution in [0.4, 0.5) is 4.39 Å². The molecule has 4 heteroatoms. The maximum Gasteiger partial charge on any atom is 0.123 e. The van der Waals surface area contributed by atoms with E-state index in [1.165, 1.54) is 12.1 Å². The van der Waals surface area contributed by atoms with E-state index in [1.54, 1.807) is 13.2 Å². The maximum atomic E-state index is 13.2. The number of rotatable bonds is 4. The molecule has 1 unspecified atom stereocenters. The Morgan fingerprint density at radius 3 is 3.11 bits per heavy atom. The first kappa shape index (κ1) is 13.0. The molecule has 0 spiro atoms. The third-order valence-electron chi connectivity index (χ3n) is 3.35. The minimum absolute atomic E-state index is 0.281. The molecule has 1 fully saturated rings. The van der Waals surface area contributed by atoms with Crippen molar-refractivity contribution in [3.63, 3.8) is 0 Å². The van der Waals surface area contributed by atoms with Crippen LogP contribution >= 0.6 is 0 Å². The first-order valence-electron chi connectivity index (χ1n) is 6.12. The Morgan fingerprint density at radius 2 is 2.39 bits per heavy atom. The molecular weight excluding hydrogens is 231 g/mol. The van der Waals surface area contributed by atoms with Crippen LogP contribution in [0, 0.1) is 23.1 Å². The van der Waals surface area contributed by atoms with Gasteiger partial charge in [-0.3, -0.25) is 4.90 Å². The molecule has 96 valence electrons. The van der Waals surface area contributed by atoms with E-state index in [1.807, 2.05) is 0 Å². The van der Waals surface area contributed by atoms with Crippen LogP contribution in [0.3, 0.4) is 0 Å². The first-order valence-corrected chi connectivity index (χ1v) is 6.12. The zero-order valence-electron chi connectivity index (χ0n) is 10.5. The summed E-state index contributed by atoms with van der Waals surface area (Å²) in [6.07, 6.45) is 1.10. The smallest absolute Gasteiger partial charge is 0.123 e. The molecule has 0 bridgehead atoms. The van der Waals surface area contributed by atoms with Crippen molar-refractivity contribution in [3.8, 4) is 6.07 Å². The summed E-state index contributed by atoms with van der Waals surface area (Å²) in [5.41, 5.74) is 1.34. The van der Waals surface area contributed by atoms with Crippen molar-refractivity contribution in [1.29, 1.82) is 5.26 Å². The average Bonchev–Trinajstić information content (AvgIpc) is 2.77. The monoisotopic (exact) mass is 248 g/mol. The highest BCUT2D eigenvalue weighted by Gasteiger charge is 2.22. The zero-order valence-corrected chi connectivity index (χ0v) is 10.5. The van der Waals surface area contributed by atoms with Crippen molar-refractivity contribution >= 4 is 0 Å². The van der Waals surface area contributed by atoms with E-state index in [0.717, 1.165) is 31.7 Å². The second-order valence-electron chi connectivity index (χ2n) is 4.76. The third kappa shape index (κ3) is 3.06. The molecule has 3 nitrogen and oxygen atoms in total. The Hall–Kier alpha value is -1.44. The van der Waals surface area contributed by atoms with Gasteiger partial charge in [0, 0.05) is 20.2 Å². The highest BCUT2D eigenvalue weighted by Crippen LogP contribution is 2.20. The van der Waals surface area contributed by atoms with Crippen LogP contribution in [0.2, 0.25) is 0 Å². The van der Waals surface area contributed by atoms with Gasteiger partial charge in [0.05, 0.1) is 18.2 Å². The topological polar surface area (TPSA) is 36.3 Å². The zero-order chi connectivity index (χ0) is 13.0. The van der Waals surface area contributed by atoms with Gasteiger partial charge in [-0.05, 0) is 42.6 Å². The molecular formula is C14H17FN2O. The number of halogens is 1. The van der Waals surface area contributed by atoms with E-state index in [0.29, 0.717) is 18.0 Å². The largest absolute Gasteiger partial charge is 0.384 e. The Bertz CT molecular complexity index is 456. The summed E-state index contributed by atoms with van der Waals surface area (Å²) in [5.74, 6) is 0.269. The summed E-state index contributed by atoms with van der Waals surface area (Å²) >= 11 is 0. The lowest BCUT2D eigenvalue weighted by Gasteiger charge is -2.16. The Morgan fingerprint density at radius 1 is 1.56 bits per heavy atom. The van der Waals surface area contributed by atoms with Gasteiger partial charge in [-0.2, -0.15) is 5.26 Å². The van der Waals surface area contributed by atoms with E-state index >= 15 is 0 Å². The highest BCUT2D eigenvalue weighted by molar-refractivity contribution is 5.37. The Kier molecular flexibility index (Phi) is 4.29. The number of hydrogen-bond donors (Lipinski definition) is 0. The van der Waals surface area contributed by atoms with Gasteiger partial charge in [0.2, 0.25) is 0 Å². The molecule has 1 heterocycles. The Labute approximate surface area is 107 Å². The van der Waals surface area contributed by atoms with Crippen molar-refractivity contribution in [2.45, 2.75) is 13.0 Å². The summed E-state index contributed by atoms with van der Waals surface area (Å²) in [5, 5.41) is 9.01. The maximum absolute atomic E-state index is 13.2. The van der Waals surface area contributed by atoms with Crippen LogP contribution in [0.25, 0.3) is 0 Å². The van der Waals surface area contributed by atoms with Gasteiger partial charge < -0.3 is 4.74 Å². The van der Waals surface area contributed by atoms with E-state index < -0.39 is 0 Å².